The van der Waals surface area contributed by atoms with E-state index in [1.54, 1.807) is 18.2 Å². The van der Waals surface area contributed by atoms with Gasteiger partial charge in [-0.2, -0.15) is 5.26 Å². The van der Waals surface area contributed by atoms with Gasteiger partial charge in [-0.15, -0.1) is 0 Å². The minimum Gasteiger partial charge on any atom is -0.455 e. The zero-order valence-electron chi connectivity index (χ0n) is 10.7. The van der Waals surface area contributed by atoms with E-state index in [0.717, 1.165) is 11.1 Å². The van der Waals surface area contributed by atoms with Gasteiger partial charge in [-0.25, -0.2) is 4.39 Å². The molecule has 2 N–H and O–H groups in total. The van der Waals surface area contributed by atoms with Crippen molar-refractivity contribution < 1.29 is 9.13 Å². The van der Waals surface area contributed by atoms with Crippen molar-refractivity contribution >= 4 is 5.69 Å². The standard InChI is InChI=1S/C15H13FN2O/c1-9-6-11(8-17)7-10(2)15(9)19-13-5-3-4-12(16)14(13)18/h3-7H,18H2,1-2H3. The molecule has 0 atom stereocenters. The summed E-state index contributed by atoms with van der Waals surface area (Å²) in [5, 5.41) is 8.89. The van der Waals surface area contributed by atoms with Crippen molar-refractivity contribution in [2.24, 2.45) is 0 Å². The monoisotopic (exact) mass is 256 g/mol. The highest BCUT2D eigenvalue weighted by Crippen LogP contribution is 2.33. The first-order valence-corrected chi connectivity index (χ1v) is 5.76. The van der Waals surface area contributed by atoms with Gasteiger partial charge in [-0.3, -0.25) is 0 Å². The first-order chi connectivity index (χ1) is 9.02. The summed E-state index contributed by atoms with van der Waals surface area (Å²) in [6.45, 7) is 3.66. The Morgan fingerprint density at radius 1 is 1.21 bits per heavy atom. The third-order valence-electron chi connectivity index (χ3n) is 2.81. The van der Waals surface area contributed by atoms with Gasteiger partial charge in [0.15, 0.2) is 5.75 Å². The number of anilines is 1. The smallest absolute Gasteiger partial charge is 0.153 e. The molecule has 0 aliphatic carbocycles. The van der Waals surface area contributed by atoms with Gasteiger partial charge in [-0.1, -0.05) is 6.07 Å². The lowest BCUT2D eigenvalue weighted by atomic mass is 10.1. The number of hydrogen-bond acceptors (Lipinski definition) is 3. The van der Waals surface area contributed by atoms with Crippen LogP contribution in [0.1, 0.15) is 16.7 Å². The van der Waals surface area contributed by atoms with Gasteiger partial charge in [0, 0.05) is 0 Å². The molecule has 19 heavy (non-hydrogen) atoms. The Labute approximate surface area is 111 Å². The highest BCUT2D eigenvalue weighted by molar-refractivity contribution is 5.57. The Balaban J connectivity index is 2.45. The Hall–Kier alpha value is -2.54. The predicted molar refractivity (Wildman–Crippen MR) is 71.5 cm³/mol. The molecule has 0 aliphatic rings. The van der Waals surface area contributed by atoms with E-state index in [-0.39, 0.29) is 11.4 Å². The molecule has 3 nitrogen and oxygen atoms in total. The molecule has 0 saturated carbocycles. The second kappa shape index (κ2) is 4.99. The van der Waals surface area contributed by atoms with Crippen molar-refractivity contribution in [2.75, 3.05) is 5.73 Å². The van der Waals surface area contributed by atoms with Crippen LogP contribution in [-0.2, 0) is 0 Å². The van der Waals surface area contributed by atoms with Gasteiger partial charge >= 0.3 is 0 Å². The molecule has 2 rings (SSSR count). The van der Waals surface area contributed by atoms with Gasteiger partial charge in [0.1, 0.15) is 17.3 Å². The first-order valence-electron chi connectivity index (χ1n) is 5.76. The van der Waals surface area contributed by atoms with E-state index in [1.807, 2.05) is 13.8 Å². The molecule has 2 aromatic rings. The van der Waals surface area contributed by atoms with E-state index in [2.05, 4.69) is 6.07 Å². The number of nitrogen functional groups attached to an aromatic ring is 1. The Kier molecular flexibility index (Phi) is 3.39. The van der Waals surface area contributed by atoms with Crippen LogP contribution >= 0.6 is 0 Å². The van der Waals surface area contributed by atoms with Crippen LogP contribution in [0.3, 0.4) is 0 Å². The number of hydrogen-bond donors (Lipinski definition) is 1. The lowest BCUT2D eigenvalue weighted by molar-refractivity contribution is 0.473. The highest BCUT2D eigenvalue weighted by Gasteiger charge is 2.11. The van der Waals surface area contributed by atoms with E-state index in [0.29, 0.717) is 11.3 Å². The number of nitriles is 1. The summed E-state index contributed by atoms with van der Waals surface area (Å²) in [4.78, 5) is 0. The van der Waals surface area contributed by atoms with Gasteiger partial charge in [-0.05, 0) is 49.2 Å². The molecule has 0 radical (unpaired) electrons. The summed E-state index contributed by atoms with van der Waals surface area (Å²) in [6, 6.07) is 9.94. The van der Waals surface area contributed by atoms with Crippen LogP contribution in [0.15, 0.2) is 30.3 Å². The molecule has 96 valence electrons. The minimum atomic E-state index is -0.513. The maximum atomic E-state index is 13.4. The molecule has 0 spiro atoms. The van der Waals surface area contributed by atoms with E-state index >= 15 is 0 Å². The summed E-state index contributed by atoms with van der Waals surface area (Å²) in [5.41, 5.74) is 7.79. The third-order valence-corrected chi connectivity index (χ3v) is 2.81. The molecule has 0 heterocycles. The number of benzene rings is 2. The maximum Gasteiger partial charge on any atom is 0.153 e. The molecule has 0 aromatic heterocycles. The predicted octanol–water partition coefficient (Wildman–Crippen LogP) is 3.69. The van der Waals surface area contributed by atoms with Crippen molar-refractivity contribution in [2.45, 2.75) is 13.8 Å². The topological polar surface area (TPSA) is 59.0 Å². The number of para-hydroxylation sites is 1. The molecular formula is C15H13FN2O. The zero-order chi connectivity index (χ0) is 14.0. The van der Waals surface area contributed by atoms with Crippen LogP contribution in [0.25, 0.3) is 0 Å². The van der Waals surface area contributed by atoms with Gasteiger partial charge in [0.05, 0.1) is 11.6 Å². The maximum absolute atomic E-state index is 13.4. The van der Waals surface area contributed by atoms with E-state index in [9.17, 15) is 4.39 Å². The summed E-state index contributed by atoms with van der Waals surface area (Å²) >= 11 is 0. The Bertz CT molecular complexity index is 651. The van der Waals surface area contributed by atoms with Gasteiger partial charge < -0.3 is 10.5 Å². The molecule has 0 saturated heterocycles. The fourth-order valence-corrected chi connectivity index (χ4v) is 1.89. The van der Waals surface area contributed by atoms with Crippen LogP contribution in [0, 0.1) is 31.0 Å². The third kappa shape index (κ3) is 2.50. The van der Waals surface area contributed by atoms with Crippen LogP contribution in [0.2, 0.25) is 0 Å². The average molecular weight is 256 g/mol. The van der Waals surface area contributed by atoms with Crippen LogP contribution in [0.5, 0.6) is 11.5 Å². The molecule has 0 bridgehead atoms. The van der Waals surface area contributed by atoms with Crippen LogP contribution in [-0.4, -0.2) is 0 Å². The highest BCUT2D eigenvalue weighted by atomic mass is 19.1. The lowest BCUT2D eigenvalue weighted by Crippen LogP contribution is -1.98. The van der Waals surface area contributed by atoms with Crippen molar-refractivity contribution in [1.29, 1.82) is 5.26 Å². The molecular weight excluding hydrogens is 243 g/mol. The fourth-order valence-electron chi connectivity index (χ4n) is 1.89. The van der Waals surface area contributed by atoms with Crippen molar-refractivity contribution in [3.05, 3.63) is 52.8 Å². The van der Waals surface area contributed by atoms with Crippen LogP contribution < -0.4 is 10.5 Å². The minimum absolute atomic E-state index is 0.0225. The second-order valence-electron chi connectivity index (χ2n) is 4.30. The van der Waals surface area contributed by atoms with Crippen molar-refractivity contribution in [3.63, 3.8) is 0 Å². The normalized spacial score (nSPS) is 10.0. The number of aryl methyl sites for hydroxylation is 2. The summed E-state index contributed by atoms with van der Waals surface area (Å²) in [5.74, 6) is 0.355. The number of nitrogens with zero attached hydrogens (tertiary/aromatic N) is 1. The van der Waals surface area contributed by atoms with E-state index < -0.39 is 5.82 Å². The summed E-state index contributed by atoms with van der Waals surface area (Å²) in [7, 11) is 0. The SMILES string of the molecule is Cc1cc(C#N)cc(C)c1Oc1cccc(F)c1N. The number of ether oxygens (including phenoxy) is 1. The van der Waals surface area contributed by atoms with Crippen LogP contribution in [0.4, 0.5) is 10.1 Å². The van der Waals surface area contributed by atoms with Crippen molar-refractivity contribution in [3.8, 4) is 17.6 Å². The molecule has 4 heteroatoms. The molecule has 2 aromatic carbocycles. The average Bonchev–Trinajstić information content (AvgIpc) is 2.38. The molecule has 0 amide bonds. The number of nitrogens with two attached hydrogens (primary N) is 1. The second-order valence-corrected chi connectivity index (χ2v) is 4.30. The summed E-state index contributed by atoms with van der Waals surface area (Å²) in [6.07, 6.45) is 0. The van der Waals surface area contributed by atoms with E-state index in [4.69, 9.17) is 15.7 Å². The molecule has 0 unspecified atom stereocenters. The van der Waals surface area contributed by atoms with Gasteiger partial charge in [0.25, 0.3) is 0 Å². The largest absolute Gasteiger partial charge is 0.455 e. The van der Waals surface area contributed by atoms with Gasteiger partial charge in [0.2, 0.25) is 0 Å². The van der Waals surface area contributed by atoms with Crippen molar-refractivity contribution in [1.82, 2.24) is 0 Å². The summed E-state index contributed by atoms with van der Waals surface area (Å²) < 4.78 is 19.0. The zero-order valence-corrected chi connectivity index (χ0v) is 10.7. The number of rotatable bonds is 2. The first kappa shape index (κ1) is 12.9. The number of halogens is 1. The Morgan fingerprint density at radius 3 is 2.42 bits per heavy atom. The van der Waals surface area contributed by atoms with E-state index in [1.165, 1.54) is 12.1 Å². The fraction of sp³-hybridized carbons (Fsp3) is 0.133. The quantitative estimate of drug-likeness (QED) is 0.833. The lowest BCUT2D eigenvalue weighted by Gasteiger charge is -2.13. The Morgan fingerprint density at radius 2 is 1.84 bits per heavy atom. The molecule has 0 fully saturated rings. The molecule has 0 aliphatic heterocycles.